The molecule has 0 saturated heterocycles. The minimum absolute atomic E-state index is 0. The van der Waals surface area contributed by atoms with E-state index >= 15 is 0 Å². The minimum atomic E-state index is -1.60. The number of hydrogen-bond donors (Lipinski definition) is 5. The third-order valence-electron chi connectivity index (χ3n) is 5.29. The molecular formula is C18H29BCl2N2O5. The molecular weight excluding hydrogens is 406 g/mol. The normalized spacial score (nSPS) is 19.5. The summed E-state index contributed by atoms with van der Waals surface area (Å²) in [5.74, 6) is -0.991. The van der Waals surface area contributed by atoms with Crippen molar-refractivity contribution in [2.75, 3.05) is 19.8 Å². The molecule has 2 unspecified atom stereocenters. The van der Waals surface area contributed by atoms with Crippen molar-refractivity contribution >= 4 is 38.6 Å². The fraction of sp³-hybridized carbons (Fsp3) is 0.611. The SMILES string of the molecule is Cl.Cl.[B]C(CCN1Cc2cc(O)ccc2C[C@H]1CO)(C(=O)O)C(N)CCCO. The van der Waals surface area contributed by atoms with Crippen molar-refractivity contribution in [3.05, 3.63) is 29.3 Å². The van der Waals surface area contributed by atoms with Crippen molar-refractivity contribution < 1.29 is 25.2 Å². The molecule has 0 fully saturated rings. The van der Waals surface area contributed by atoms with Crippen LogP contribution in [0.15, 0.2) is 18.2 Å². The lowest BCUT2D eigenvalue weighted by atomic mass is 9.60. The number of carbonyl (C=O) groups is 1. The number of phenols is 1. The van der Waals surface area contributed by atoms with Crippen molar-refractivity contribution in [2.24, 2.45) is 5.73 Å². The maximum Gasteiger partial charge on any atom is 0.302 e. The number of hydrogen-bond acceptors (Lipinski definition) is 6. The van der Waals surface area contributed by atoms with Crippen LogP contribution in [0, 0.1) is 0 Å². The van der Waals surface area contributed by atoms with Crippen molar-refractivity contribution in [3.8, 4) is 5.75 Å². The highest BCUT2D eigenvalue weighted by Gasteiger charge is 2.39. The van der Waals surface area contributed by atoms with Crippen LogP contribution in [0.3, 0.4) is 0 Å². The number of aliphatic carboxylic acids is 1. The second kappa shape index (κ2) is 11.9. The van der Waals surface area contributed by atoms with Crippen molar-refractivity contribution in [3.63, 3.8) is 0 Å². The van der Waals surface area contributed by atoms with E-state index in [1.54, 1.807) is 12.1 Å². The molecule has 2 rings (SSSR count). The number of rotatable bonds is 9. The third-order valence-corrected chi connectivity index (χ3v) is 5.29. The van der Waals surface area contributed by atoms with Crippen LogP contribution in [-0.2, 0) is 17.8 Å². The van der Waals surface area contributed by atoms with Gasteiger partial charge >= 0.3 is 5.97 Å². The molecule has 1 aromatic rings. The van der Waals surface area contributed by atoms with Gasteiger partial charge in [0, 0.05) is 30.5 Å². The molecule has 158 valence electrons. The van der Waals surface area contributed by atoms with Crippen LogP contribution in [0.2, 0.25) is 5.31 Å². The Morgan fingerprint density at radius 1 is 1.32 bits per heavy atom. The predicted molar refractivity (Wildman–Crippen MR) is 113 cm³/mol. The van der Waals surface area contributed by atoms with Gasteiger partial charge in [-0.25, -0.2) is 0 Å². The first-order valence-electron chi connectivity index (χ1n) is 8.86. The van der Waals surface area contributed by atoms with E-state index in [0.717, 1.165) is 11.1 Å². The number of aliphatic hydroxyl groups is 2. The fourth-order valence-corrected chi connectivity index (χ4v) is 3.48. The topological polar surface area (TPSA) is 127 Å². The number of halogens is 2. The summed E-state index contributed by atoms with van der Waals surface area (Å²) in [6.07, 6.45) is 1.45. The Labute approximate surface area is 179 Å². The van der Waals surface area contributed by atoms with Gasteiger partial charge in [0.1, 0.15) is 5.75 Å². The van der Waals surface area contributed by atoms with Gasteiger partial charge in [-0.3, -0.25) is 9.69 Å². The van der Waals surface area contributed by atoms with E-state index in [-0.39, 0.29) is 56.2 Å². The zero-order valence-corrected chi connectivity index (χ0v) is 17.3. The van der Waals surface area contributed by atoms with Gasteiger partial charge in [0.05, 0.1) is 14.5 Å². The second-order valence-electron chi connectivity index (χ2n) is 7.03. The van der Waals surface area contributed by atoms with Gasteiger partial charge in [-0.05, 0) is 55.5 Å². The Kier molecular flexibility index (Phi) is 11.4. The van der Waals surface area contributed by atoms with Gasteiger partial charge in [0.2, 0.25) is 0 Å². The lowest BCUT2D eigenvalue weighted by molar-refractivity contribution is -0.141. The van der Waals surface area contributed by atoms with Crippen LogP contribution in [0.1, 0.15) is 30.4 Å². The van der Waals surface area contributed by atoms with Crippen molar-refractivity contribution in [1.82, 2.24) is 4.90 Å². The molecule has 10 heteroatoms. The van der Waals surface area contributed by atoms with E-state index in [1.807, 2.05) is 11.0 Å². The van der Waals surface area contributed by atoms with Gasteiger partial charge in [-0.1, -0.05) is 6.07 Å². The van der Waals surface area contributed by atoms with E-state index in [2.05, 4.69) is 0 Å². The average molecular weight is 435 g/mol. The summed E-state index contributed by atoms with van der Waals surface area (Å²) in [7, 11) is 6.11. The Morgan fingerprint density at radius 2 is 2.00 bits per heavy atom. The van der Waals surface area contributed by atoms with Crippen molar-refractivity contribution in [2.45, 2.75) is 49.6 Å². The number of nitrogens with zero attached hydrogens (tertiary/aromatic N) is 1. The molecule has 1 aromatic carbocycles. The summed E-state index contributed by atoms with van der Waals surface area (Å²) in [4.78, 5) is 13.7. The van der Waals surface area contributed by atoms with Gasteiger partial charge in [0.25, 0.3) is 0 Å². The molecule has 6 N–H and O–H groups in total. The number of phenolic OH excluding ortho intramolecular Hbond substituents is 1. The fourth-order valence-electron chi connectivity index (χ4n) is 3.48. The number of nitrogens with two attached hydrogens (primary N) is 1. The van der Waals surface area contributed by atoms with Crippen LogP contribution in [0.4, 0.5) is 0 Å². The summed E-state index contributed by atoms with van der Waals surface area (Å²) >= 11 is 0. The molecule has 1 aliphatic rings. The van der Waals surface area contributed by atoms with Crippen LogP contribution in [0.5, 0.6) is 5.75 Å². The molecule has 7 nitrogen and oxygen atoms in total. The monoisotopic (exact) mass is 434 g/mol. The predicted octanol–water partition coefficient (Wildman–Crippen LogP) is 0.856. The summed E-state index contributed by atoms with van der Waals surface area (Å²) in [5, 5.41) is 36.3. The highest BCUT2D eigenvalue weighted by atomic mass is 35.5. The first kappa shape index (κ1) is 27.0. The summed E-state index contributed by atoms with van der Waals surface area (Å²) < 4.78 is 0. The maximum atomic E-state index is 11.7. The van der Waals surface area contributed by atoms with E-state index in [0.29, 0.717) is 32.4 Å². The molecule has 0 spiro atoms. The largest absolute Gasteiger partial charge is 0.508 e. The van der Waals surface area contributed by atoms with Crippen molar-refractivity contribution in [1.29, 1.82) is 0 Å². The Balaban J connectivity index is 0.00000364. The van der Waals surface area contributed by atoms with Crippen LogP contribution >= 0.6 is 24.8 Å². The zero-order chi connectivity index (χ0) is 19.3. The van der Waals surface area contributed by atoms with Crippen LogP contribution in [-0.4, -0.2) is 71.0 Å². The Bertz CT molecular complexity index is 640. The molecule has 0 amide bonds. The minimum Gasteiger partial charge on any atom is -0.508 e. The third kappa shape index (κ3) is 6.24. The molecule has 0 aromatic heterocycles. The average Bonchev–Trinajstić information content (AvgIpc) is 2.62. The number of aliphatic hydroxyl groups excluding tert-OH is 2. The number of aromatic hydroxyl groups is 1. The molecule has 1 heterocycles. The molecule has 1 aliphatic heterocycles. The lowest BCUT2D eigenvalue weighted by Gasteiger charge is -2.39. The summed E-state index contributed by atoms with van der Waals surface area (Å²) in [6, 6.07) is 4.24. The van der Waals surface area contributed by atoms with Gasteiger partial charge in [-0.2, -0.15) is 0 Å². The van der Waals surface area contributed by atoms with Gasteiger partial charge < -0.3 is 26.2 Å². The standard InChI is InChI=1S/C18H27BN2O5.2ClH/c19-18(17(25)26,16(20)2-1-7-22)5-6-21-10-13-9-15(24)4-3-12(13)8-14(21)11-23;;/h3-4,9,14,16,22-24H,1-2,5-8,10-11,20H2,(H,25,26);2*1H/t14-,16?,18?;;/m0../s1. The quantitative estimate of drug-likeness (QED) is 0.364. The molecule has 2 radical (unpaired) electrons. The van der Waals surface area contributed by atoms with Gasteiger partial charge in [-0.15, -0.1) is 24.8 Å². The molecule has 0 saturated carbocycles. The first-order valence-corrected chi connectivity index (χ1v) is 8.86. The highest BCUT2D eigenvalue weighted by molar-refractivity contribution is 6.27. The maximum absolute atomic E-state index is 11.7. The number of carboxylic acid groups (broad SMARTS) is 1. The molecule has 0 aliphatic carbocycles. The smallest absolute Gasteiger partial charge is 0.302 e. The van der Waals surface area contributed by atoms with E-state index in [4.69, 9.17) is 18.7 Å². The Morgan fingerprint density at radius 3 is 2.57 bits per heavy atom. The Hall–Kier alpha value is -1.03. The van der Waals surface area contributed by atoms with E-state index in [9.17, 15) is 20.1 Å². The molecule has 28 heavy (non-hydrogen) atoms. The van der Waals surface area contributed by atoms with Gasteiger partial charge in [0.15, 0.2) is 0 Å². The lowest BCUT2D eigenvalue weighted by Crippen LogP contribution is -2.48. The number of carboxylic acids is 1. The number of benzene rings is 1. The zero-order valence-electron chi connectivity index (χ0n) is 15.7. The molecule has 0 bridgehead atoms. The summed E-state index contributed by atoms with van der Waals surface area (Å²) in [6.45, 7) is 0.733. The number of fused-ring (bicyclic) bond motifs is 1. The van der Waals surface area contributed by atoms with E-state index in [1.165, 1.54) is 0 Å². The van der Waals surface area contributed by atoms with Crippen LogP contribution < -0.4 is 5.73 Å². The molecule has 3 atom stereocenters. The summed E-state index contributed by atoms with van der Waals surface area (Å²) in [5.41, 5.74) is 8.02. The van der Waals surface area contributed by atoms with E-state index < -0.39 is 17.3 Å². The first-order chi connectivity index (χ1) is 12.3. The highest BCUT2D eigenvalue weighted by Crippen LogP contribution is 2.34. The second-order valence-corrected chi connectivity index (χ2v) is 7.03. The van der Waals surface area contributed by atoms with Crippen LogP contribution in [0.25, 0.3) is 0 Å².